The summed E-state index contributed by atoms with van der Waals surface area (Å²) in [5, 5.41) is 13.5. The standard InChI is InChI=1S/C22H19N7O2S/c23-10-14-1-5-25-20(9-14)32(30,31)12-15-7-16(8-15)29-21-17-2-6-26-22(17)27-11-18(21)19-3-4-24-13-28-19/h1-6,9,11,13,15-16H,7-8,12H2,(H2,26,27,29). The summed E-state index contributed by atoms with van der Waals surface area (Å²) in [6.07, 6.45) is 9.59. The lowest BCUT2D eigenvalue weighted by Crippen LogP contribution is -2.39. The van der Waals surface area contributed by atoms with Crippen molar-refractivity contribution in [3.63, 3.8) is 0 Å². The lowest BCUT2D eigenvalue weighted by Gasteiger charge is -2.36. The van der Waals surface area contributed by atoms with Crippen LogP contribution in [0, 0.1) is 17.2 Å². The number of hydrogen-bond donors (Lipinski definition) is 2. The van der Waals surface area contributed by atoms with Crippen LogP contribution in [0.3, 0.4) is 0 Å². The van der Waals surface area contributed by atoms with Gasteiger partial charge in [0.05, 0.1) is 28.8 Å². The molecule has 0 amide bonds. The zero-order valence-electron chi connectivity index (χ0n) is 16.9. The Balaban J connectivity index is 1.32. The summed E-state index contributed by atoms with van der Waals surface area (Å²) >= 11 is 0. The number of H-pyrrole nitrogens is 1. The second-order valence-electron chi connectivity index (χ2n) is 7.84. The molecule has 1 aliphatic rings. The van der Waals surface area contributed by atoms with Crippen LogP contribution in [0.1, 0.15) is 18.4 Å². The molecule has 2 N–H and O–H groups in total. The molecule has 9 nitrogen and oxygen atoms in total. The Bertz CT molecular complexity index is 1420. The summed E-state index contributed by atoms with van der Waals surface area (Å²) in [7, 11) is -3.55. The van der Waals surface area contributed by atoms with Gasteiger partial charge in [0.15, 0.2) is 14.9 Å². The van der Waals surface area contributed by atoms with Gasteiger partial charge in [-0.25, -0.2) is 28.4 Å². The Morgan fingerprint density at radius 1 is 1.16 bits per heavy atom. The predicted molar refractivity (Wildman–Crippen MR) is 118 cm³/mol. The minimum absolute atomic E-state index is 0.0156. The van der Waals surface area contributed by atoms with Crippen LogP contribution in [0.4, 0.5) is 5.69 Å². The number of nitriles is 1. The van der Waals surface area contributed by atoms with Gasteiger partial charge >= 0.3 is 0 Å². The van der Waals surface area contributed by atoms with Crippen LogP contribution >= 0.6 is 0 Å². The third kappa shape index (κ3) is 3.78. The van der Waals surface area contributed by atoms with Crippen LogP contribution in [0.2, 0.25) is 0 Å². The SMILES string of the molecule is N#Cc1ccnc(S(=O)(=O)CC2CC(Nc3c(-c4ccncn4)cnc4[nH]ccc34)C2)c1. The number of fused-ring (bicyclic) bond motifs is 1. The zero-order chi connectivity index (χ0) is 22.1. The Kier molecular flexibility index (Phi) is 5.03. The quantitative estimate of drug-likeness (QED) is 0.462. The van der Waals surface area contributed by atoms with Crippen LogP contribution in [0.5, 0.6) is 0 Å². The van der Waals surface area contributed by atoms with E-state index in [2.05, 4.69) is 30.2 Å². The molecule has 1 saturated carbocycles. The third-order valence-corrected chi connectivity index (χ3v) is 7.44. The summed E-state index contributed by atoms with van der Waals surface area (Å²) in [4.78, 5) is 19.9. The lowest BCUT2D eigenvalue weighted by atomic mass is 9.81. The van der Waals surface area contributed by atoms with Crippen LogP contribution in [0.25, 0.3) is 22.3 Å². The summed E-state index contributed by atoms with van der Waals surface area (Å²) in [5.74, 6) is 0.0398. The van der Waals surface area contributed by atoms with Gasteiger partial charge < -0.3 is 10.3 Å². The molecule has 0 bridgehead atoms. The second-order valence-corrected chi connectivity index (χ2v) is 9.82. The van der Waals surface area contributed by atoms with E-state index < -0.39 is 9.84 Å². The van der Waals surface area contributed by atoms with E-state index in [4.69, 9.17) is 5.26 Å². The average Bonchev–Trinajstić information content (AvgIpc) is 3.27. The van der Waals surface area contributed by atoms with Gasteiger partial charge in [0, 0.05) is 41.8 Å². The molecule has 1 aliphatic carbocycles. The van der Waals surface area contributed by atoms with E-state index >= 15 is 0 Å². The minimum Gasteiger partial charge on any atom is -0.381 e. The first kappa shape index (κ1) is 20.1. The van der Waals surface area contributed by atoms with Crippen molar-refractivity contribution in [2.75, 3.05) is 11.1 Å². The summed E-state index contributed by atoms with van der Waals surface area (Å²) in [6, 6.07) is 8.71. The first-order chi connectivity index (χ1) is 15.5. The lowest BCUT2D eigenvalue weighted by molar-refractivity contribution is 0.310. The van der Waals surface area contributed by atoms with Gasteiger partial charge in [-0.05, 0) is 43.0 Å². The molecule has 1 fully saturated rings. The highest BCUT2D eigenvalue weighted by Gasteiger charge is 2.34. The van der Waals surface area contributed by atoms with Crippen molar-refractivity contribution in [1.29, 1.82) is 5.26 Å². The number of nitrogens with one attached hydrogen (secondary N) is 2. The van der Waals surface area contributed by atoms with E-state index in [0.717, 1.165) is 28.0 Å². The third-order valence-electron chi connectivity index (χ3n) is 5.67. The van der Waals surface area contributed by atoms with Gasteiger partial charge in [-0.3, -0.25) is 0 Å². The highest BCUT2D eigenvalue weighted by atomic mass is 32.2. The molecule has 32 heavy (non-hydrogen) atoms. The number of rotatable bonds is 6. The molecule has 4 aromatic rings. The van der Waals surface area contributed by atoms with Crippen molar-refractivity contribution in [3.05, 3.63) is 60.9 Å². The molecule has 0 spiro atoms. The first-order valence-corrected chi connectivity index (χ1v) is 11.8. The van der Waals surface area contributed by atoms with Gasteiger partial charge in [0.2, 0.25) is 0 Å². The molecule has 4 aromatic heterocycles. The smallest absolute Gasteiger partial charge is 0.195 e. The molecule has 0 radical (unpaired) electrons. The maximum absolute atomic E-state index is 12.7. The van der Waals surface area contributed by atoms with Crippen molar-refractivity contribution in [3.8, 4) is 17.3 Å². The number of pyridine rings is 2. The van der Waals surface area contributed by atoms with Crippen molar-refractivity contribution < 1.29 is 8.42 Å². The van der Waals surface area contributed by atoms with Gasteiger partial charge in [0.1, 0.15) is 12.0 Å². The van der Waals surface area contributed by atoms with Gasteiger partial charge in [0.25, 0.3) is 0 Å². The van der Waals surface area contributed by atoms with Gasteiger partial charge in [-0.15, -0.1) is 0 Å². The molecular formula is C22H19N7O2S. The predicted octanol–water partition coefficient (Wildman–Crippen LogP) is 2.95. The van der Waals surface area contributed by atoms with Crippen molar-refractivity contribution in [2.45, 2.75) is 23.9 Å². The fourth-order valence-corrected chi connectivity index (χ4v) is 5.64. The summed E-state index contributed by atoms with van der Waals surface area (Å²) in [5.41, 5.74) is 3.61. The summed E-state index contributed by atoms with van der Waals surface area (Å²) < 4.78 is 25.5. The fraction of sp³-hybridized carbons (Fsp3) is 0.227. The largest absolute Gasteiger partial charge is 0.381 e. The number of hydrogen-bond acceptors (Lipinski definition) is 8. The maximum atomic E-state index is 12.7. The van der Waals surface area contributed by atoms with Crippen LogP contribution < -0.4 is 5.32 Å². The second kappa shape index (κ2) is 8.01. The number of aromatic amines is 1. The Hall–Kier alpha value is -3.84. The van der Waals surface area contributed by atoms with Crippen LogP contribution in [-0.4, -0.2) is 45.1 Å². The van der Waals surface area contributed by atoms with Crippen LogP contribution in [-0.2, 0) is 9.84 Å². The molecule has 0 atom stereocenters. The Morgan fingerprint density at radius 2 is 2.03 bits per heavy atom. The molecule has 0 saturated heterocycles. The van der Waals surface area contributed by atoms with Crippen LogP contribution in [0.15, 0.2) is 60.4 Å². The minimum atomic E-state index is -3.55. The van der Waals surface area contributed by atoms with E-state index in [0.29, 0.717) is 12.8 Å². The van der Waals surface area contributed by atoms with E-state index in [1.807, 2.05) is 24.4 Å². The molecule has 10 heteroatoms. The van der Waals surface area contributed by atoms with Crippen molar-refractivity contribution in [1.82, 2.24) is 24.9 Å². The number of anilines is 1. The molecule has 4 heterocycles. The highest BCUT2D eigenvalue weighted by molar-refractivity contribution is 7.91. The normalized spacial score (nSPS) is 18.1. The summed E-state index contributed by atoms with van der Waals surface area (Å²) in [6.45, 7) is 0. The molecular weight excluding hydrogens is 426 g/mol. The van der Waals surface area contributed by atoms with E-state index in [1.54, 1.807) is 12.4 Å². The topological polar surface area (TPSA) is 137 Å². The van der Waals surface area contributed by atoms with Crippen molar-refractivity contribution >= 4 is 26.6 Å². The molecule has 0 aliphatic heterocycles. The highest BCUT2D eigenvalue weighted by Crippen LogP contribution is 2.38. The molecule has 0 unspecified atom stereocenters. The maximum Gasteiger partial charge on any atom is 0.195 e. The Labute approximate surface area is 184 Å². The molecule has 5 rings (SSSR count). The fourth-order valence-electron chi connectivity index (χ4n) is 4.05. The molecule has 160 valence electrons. The van der Waals surface area contributed by atoms with Gasteiger partial charge in [-0.2, -0.15) is 5.26 Å². The zero-order valence-corrected chi connectivity index (χ0v) is 17.7. The van der Waals surface area contributed by atoms with E-state index in [1.165, 1.54) is 24.7 Å². The average molecular weight is 446 g/mol. The number of aromatic nitrogens is 5. The van der Waals surface area contributed by atoms with E-state index in [-0.39, 0.29) is 28.3 Å². The first-order valence-electron chi connectivity index (χ1n) is 10.1. The Morgan fingerprint density at radius 3 is 2.81 bits per heavy atom. The number of sulfone groups is 1. The molecule has 0 aromatic carbocycles. The van der Waals surface area contributed by atoms with Crippen molar-refractivity contribution in [2.24, 2.45) is 5.92 Å². The van der Waals surface area contributed by atoms with Gasteiger partial charge in [-0.1, -0.05) is 0 Å². The monoisotopic (exact) mass is 445 g/mol. The number of nitrogens with zero attached hydrogens (tertiary/aromatic N) is 5. The van der Waals surface area contributed by atoms with E-state index in [9.17, 15) is 8.42 Å².